The number of nitrogens with one attached hydrogen (secondary N) is 1. The quantitative estimate of drug-likeness (QED) is 0.769. The number of nitrogens with two attached hydrogens (primary N) is 1. The Morgan fingerprint density at radius 3 is 2.62 bits per heavy atom. The standard InChI is InChI=1S/C18H24ClN5.2ClH/c1-10-6-13-15(18(10)4-2-3-5-18)23-17-14(19)9-21-24(17)16(13)22-12-7-11(20)8-12;;/h9-12,22H,2-8,20H2,1H3;2*1H. The Hall–Kier alpha value is -0.750. The topological polar surface area (TPSA) is 68.2 Å². The van der Waals surface area contributed by atoms with E-state index in [9.17, 15) is 0 Å². The Labute approximate surface area is 171 Å². The van der Waals surface area contributed by atoms with Crippen LogP contribution in [0.1, 0.15) is 56.7 Å². The molecule has 26 heavy (non-hydrogen) atoms. The largest absolute Gasteiger partial charge is 0.367 e. The molecule has 0 amide bonds. The van der Waals surface area contributed by atoms with Crippen LogP contribution in [0.2, 0.25) is 5.02 Å². The molecule has 1 unspecified atom stereocenters. The van der Waals surface area contributed by atoms with Gasteiger partial charge in [-0.25, -0.2) is 4.98 Å². The van der Waals surface area contributed by atoms with Crippen molar-refractivity contribution < 1.29 is 0 Å². The molecule has 144 valence electrons. The van der Waals surface area contributed by atoms with Crippen molar-refractivity contribution in [3.63, 3.8) is 0 Å². The van der Waals surface area contributed by atoms with Gasteiger partial charge in [0.25, 0.3) is 0 Å². The Morgan fingerprint density at radius 1 is 1.27 bits per heavy atom. The van der Waals surface area contributed by atoms with Gasteiger partial charge in [-0.2, -0.15) is 9.61 Å². The van der Waals surface area contributed by atoms with Crippen LogP contribution >= 0.6 is 36.4 Å². The van der Waals surface area contributed by atoms with E-state index in [-0.39, 0.29) is 30.2 Å². The highest BCUT2D eigenvalue weighted by Gasteiger charge is 2.49. The van der Waals surface area contributed by atoms with Crippen LogP contribution in [0, 0.1) is 5.92 Å². The van der Waals surface area contributed by atoms with Crippen LogP contribution in [0.25, 0.3) is 5.65 Å². The molecule has 2 aromatic rings. The fourth-order valence-corrected chi connectivity index (χ4v) is 5.36. The summed E-state index contributed by atoms with van der Waals surface area (Å²) in [5.41, 5.74) is 9.66. The fraction of sp³-hybridized carbons (Fsp3) is 0.667. The van der Waals surface area contributed by atoms with Gasteiger partial charge in [0.05, 0.1) is 11.9 Å². The molecule has 2 saturated carbocycles. The van der Waals surface area contributed by atoms with E-state index < -0.39 is 0 Å². The Morgan fingerprint density at radius 2 is 1.96 bits per heavy atom. The second kappa shape index (κ2) is 7.01. The molecule has 2 aromatic heterocycles. The van der Waals surface area contributed by atoms with E-state index in [1.54, 1.807) is 6.20 Å². The van der Waals surface area contributed by atoms with Crippen LogP contribution < -0.4 is 11.1 Å². The van der Waals surface area contributed by atoms with E-state index in [1.165, 1.54) is 36.9 Å². The van der Waals surface area contributed by atoms with E-state index in [2.05, 4.69) is 17.3 Å². The summed E-state index contributed by atoms with van der Waals surface area (Å²) in [5, 5.41) is 8.85. The van der Waals surface area contributed by atoms with Crippen molar-refractivity contribution in [1.29, 1.82) is 0 Å². The maximum atomic E-state index is 6.39. The van der Waals surface area contributed by atoms with Gasteiger partial charge in [-0.3, -0.25) is 0 Å². The van der Waals surface area contributed by atoms with Gasteiger partial charge in [0.15, 0.2) is 5.65 Å². The average molecular weight is 419 g/mol. The normalized spacial score (nSPS) is 28.3. The van der Waals surface area contributed by atoms with Crippen molar-refractivity contribution in [3.8, 4) is 0 Å². The van der Waals surface area contributed by atoms with Gasteiger partial charge in [0.2, 0.25) is 0 Å². The van der Waals surface area contributed by atoms with Crippen LogP contribution in [0.5, 0.6) is 0 Å². The molecule has 0 saturated heterocycles. The molecule has 5 rings (SSSR count). The molecule has 0 aromatic carbocycles. The predicted molar refractivity (Wildman–Crippen MR) is 110 cm³/mol. The lowest BCUT2D eigenvalue weighted by Gasteiger charge is -2.34. The van der Waals surface area contributed by atoms with Crippen LogP contribution in [0.15, 0.2) is 6.20 Å². The second-order valence-corrected chi connectivity index (χ2v) is 8.46. The van der Waals surface area contributed by atoms with E-state index in [0.29, 0.717) is 23.0 Å². The molecular formula is C18H26Cl3N5. The van der Waals surface area contributed by atoms with E-state index >= 15 is 0 Å². The molecule has 2 heterocycles. The summed E-state index contributed by atoms with van der Waals surface area (Å²) in [6.45, 7) is 2.39. The summed E-state index contributed by atoms with van der Waals surface area (Å²) >= 11 is 6.39. The van der Waals surface area contributed by atoms with Crippen molar-refractivity contribution in [2.45, 2.75) is 69.4 Å². The molecule has 3 N–H and O–H groups in total. The molecule has 0 aliphatic heterocycles. The van der Waals surface area contributed by atoms with Crippen molar-refractivity contribution in [3.05, 3.63) is 22.5 Å². The minimum atomic E-state index is 0. The van der Waals surface area contributed by atoms with E-state index in [4.69, 9.17) is 22.3 Å². The molecule has 2 fully saturated rings. The fourth-order valence-electron chi connectivity index (χ4n) is 5.20. The van der Waals surface area contributed by atoms with Crippen molar-refractivity contribution in [2.24, 2.45) is 11.7 Å². The zero-order valence-electron chi connectivity index (χ0n) is 14.9. The van der Waals surface area contributed by atoms with Crippen molar-refractivity contribution >= 4 is 47.9 Å². The molecule has 1 atom stereocenters. The first-order chi connectivity index (χ1) is 11.6. The Kier molecular flexibility index (Phi) is 5.39. The molecule has 5 nitrogen and oxygen atoms in total. The third kappa shape index (κ3) is 2.70. The minimum Gasteiger partial charge on any atom is -0.367 e. The third-order valence-electron chi connectivity index (χ3n) is 6.64. The summed E-state index contributed by atoms with van der Waals surface area (Å²) in [7, 11) is 0. The smallest absolute Gasteiger partial charge is 0.176 e. The first-order valence-electron chi connectivity index (χ1n) is 9.17. The summed E-state index contributed by atoms with van der Waals surface area (Å²) < 4.78 is 1.91. The Bertz CT molecular complexity index is 809. The average Bonchev–Trinajstić information content (AvgIpc) is 3.21. The van der Waals surface area contributed by atoms with Crippen molar-refractivity contribution in [1.82, 2.24) is 14.6 Å². The zero-order chi connectivity index (χ0) is 16.5. The SMILES string of the molecule is CC1Cc2c(nc3c(Cl)cnn3c2NC2CC(N)C2)C12CCCC2.Cl.Cl. The maximum absolute atomic E-state index is 6.39. The maximum Gasteiger partial charge on any atom is 0.176 e. The van der Waals surface area contributed by atoms with Crippen LogP contribution in [0.4, 0.5) is 5.82 Å². The van der Waals surface area contributed by atoms with Crippen LogP contribution in [0.3, 0.4) is 0 Å². The Balaban J connectivity index is 0.000000980. The minimum absolute atomic E-state index is 0. The summed E-state index contributed by atoms with van der Waals surface area (Å²) in [5.74, 6) is 1.74. The number of anilines is 1. The molecular weight excluding hydrogens is 393 g/mol. The van der Waals surface area contributed by atoms with Gasteiger partial charge in [-0.05, 0) is 38.0 Å². The molecule has 3 aliphatic carbocycles. The molecule has 1 spiro atoms. The van der Waals surface area contributed by atoms with Gasteiger partial charge in [-0.1, -0.05) is 31.4 Å². The van der Waals surface area contributed by atoms with E-state index in [1.807, 2.05) is 4.52 Å². The number of hydrogen-bond donors (Lipinski definition) is 2. The van der Waals surface area contributed by atoms with Gasteiger partial charge >= 0.3 is 0 Å². The highest BCUT2D eigenvalue weighted by atomic mass is 35.5. The van der Waals surface area contributed by atoms with E-state index in [0.717, 1.165) is 30.7 Å². The lowest BCUT2D eigenvalue weighted by Crippen LogP contribution is -2.45. The molecule has 3 aliphatic rings. The molecule has 0 radical (unpaired) electrons. The molecule has 8 heteroatoms. The highest BCUT2D eigenvalue weighted by Crippen LogP contribution is 2.54. The number of aromatic nitrogens is 3. The van der Waals surface area contributed by atoms with Gasteiger partial charge < -0.3 is 11.1 Å². The summed E-state index contributed by atoms with van der Waals surface area (Å²) in [6, 6.07) is 0.766. The number of nitrogens with zero attached hydrogens (tertiary/aromatic N) is 3. The third-order valence-corrected chi connectivity index (χ3v) is 6.91. The lowest BCUT2D eigenvalue weighted by atomic mass is 9.76. The van der Waals surface area contributed by atoms with Gasteiger partial charge in [0.1, 0.15) is 10.8 Å². The highest BCUT2D eigenvalue weighted by molar-refractivity contribution is 6.33. The lowest BCUT2D eigenvalue weighted by molar-refractivity contribution is 0.316. The first kappa shape index (κ1) is 20.0. The summed E-state index contributed by atoms with van der Waals surface area (Å²) in [4.78, 5) is 5.03. The van der Waals surface area contributed by atoms with Gasteiger partial charge in [-0.15, -0.1) is 24.8 Å². The predicted octanol–water partition coefficient (Wildman–Crippen LogP) is 4.13. The van der Waals surface area contributed by atoms with Gasteiger partial charge in [0, 0.05) is 23.1 Å². The zero-order valence-corrected chi connectivity index (χ0v) is 17.3. The van der Waals surface area contributed by atoms with Crippen molar-refractivity contribution in [2.75, 3.05) is 5.32 Å². The first-order valence-corrected chi connectivity index (χ1v) is 9.55. The van der Waals surface area contributed by atoms with Crippen LogP contribution in [-0.4, -0.2) is 26.7 Å². The number of rotatable bonds is 2. The molecule has 0 bridgehead atoms. The van der Waals surface area contributed by atoms with Crippen LogP contribution in [-0.2, 0) is 11.8 Å². The number of halogens is 3. The number of hydrogen-bond acceptors (Lipinski definition) is 4. The monoisotopic (exact) mass is 417 g/mol. The summed E-state index contributed by atoms with van der Waals surface area (Å²) in [6.07, 6.45) is 9.96. The number of fused-ring (bicyclic) bond motifs is 3. The second-order valence-electron chi connectivity index (χ2n) is 8.06.